The molecule has 5 nitrogen and oxygen atoms in total. The van der Waals surface area contributed by atoms with E-state index in [1.807, 2.05) is 26.8 Å². The van der Waals surface area contributed by atoms with Gasteiger partial charge < -0.3 is 5.32 Å². The van der Waals surface area contributed by atoms with E-state index in [-0.39, 0.29) is 11.4 Å². The monoisotopic (exact) mass is 380 g/mol. The van der Waals surface area contributed by atoms with Gasteiger partial charge in [0.15, 0.2) is 0 Å². The second kappa shape index (κ2) is 7.56. The molecule has 0 atom stereocenters. The van der Waals surface area contributed by atoms with Gasteiger partial charge in [0, 0.05) is 0 Å². The Morgan fingerprint density at radius 3 is 2.24 bits per heavy atom. The Morgan fingerprint density at radius 1 is 1.00 bits per heavy atom. The summed E-state index contributed by atoms with van der Waals surface area (Å²) in [5.41, 5.74) is 3.89. The third-order valence-electron chi connectivity index (χ3n) is 3.74. The zero-order valence-corrected chi connectivity index (χ0v) is 16.2. The molecule has 2 N–H and O–H groups in total. The third-order valence-corrected chi connectivity index (χ3v) is 5.60. The van der Waals surface area contributed by atoms with Gasteiger partial charge in [-0.05, 0) is 56.5 Å². The Labute approximate surface area is 153 Å². The van der Waals surface area contributed by atoms with Crippen LogP contribution in [0.5, 0.6) is 0 Å². The molecule has 0 radical (unpaired) electrons. The minimum Gasteiger partial charge on any atom is -0.323 e. The van der Waals surface area contributed by atoms with Crippen LogP contribution in [-0.2, 0) is 14.8 Å². The van der Waals surface area contributed by atoms with Crippen molar-refractivity contribution in [1.29, 1.82) is 0 Å². The van der Waals surface area contributed by atoms with Crippen molar-refractivity contribution in [3.05, 3.63) is 57.6 Å². The van der Waals surface area contributed by atoms with E-state index in [4.69, 9.17) is 11.6 Å². The van der Waals surface area contributed by atoms with Crippen LogP contribution in [-0.4, -0.2) is 20.9 Å². The average Bonchev–Trinajstić information content (AvgIpc) is 2.48. The topological polar surface area (TPSA) is 75.3 Å². The summed E-state index contributed by atoms with van der Waals surface area (Å²) in [5, 5.41) is 3.08. The largest absolute Gasteiger partial charge is 0.323 e. The Morgan fingerprint density at radius 2 is 1.64 bits per heavy atom. The Kier molecular flexibility index (Phi) is 5.87. The van der Waals surface area contributed by atoms with Crippen molar-refractivity contribution in [2.75, 3.05) is 11.9 Å². The van der Waals surface area contributed by atoms with Crippen molar-refractivity contribution >= 4 is 33.2 Å². The number of carbonyl (C=O) groups excluding carboxylic acids is 1. The van der Waals surface area contributed by atoms with Crippen molar-refractivity contribution in [1.82, 2.24) is 4.72 Å². The van der Waals surface area contributed by atoms with Gasteiger partial charge in [0.2, 0.25) is 15.9 Å². The Balaban J connectivity index is 2.09. The molecule has 0 fully saturated rings. The van der Waals surface area contributed by atoms with E-state index >= 15 is 0 Å². The molecule has 0 unspecified atom stereocenters. The maximum Gasteiger partial charge on any atom is 0.241 e. The Bertz CT molecular complexity index is 901. The number of carbonyl (C=O) groups is 1. The lowest BCUT2D eigenvalue weighted by molar-refractivity contribution is -0.115. The highest BCUT2D eigenvalue weighted by molar-refractivity contribution is 7.89. The molecule has 0 aliphatic carbocycles. The lowest BCUT2D eigenvalue weighted by Crippen LogP contribution is -2.33. The molecule has 0 spiro atoms. The summed E-state index contributed by atoms with van der Waals surface area (Å²) in [4.78, 5) is 12.3. The molecule has 0 aliphatic rings. The SMILES string of the molecule is Cc1ccc(S(=O)(=O)NCC(=O)Nc2c(C)cc(C)cc2Cl)c(C)c1. The zero-order valence-electron chi connectivity index (χ0n) is 14.6. The number of nitrogens with one attached hydrogen (secondary N) is 2. The molecule has 0 bridgehead atoms. The molecule has 0 saturated carbocycles. The van der Waals surface area contributed by atoms with Gasteiger partial charge in [-0.15, -0.1) is 0 Å². The van der Waals surface area contributed by atoms with Crippen LogP contribution in [0.3, 0.4) is 0 Å². The number of amides is 1. The number of benzene rings is 2. The van der Waals surface area contributed by atoms with Crippen LogP contribution < -0.4 is 10.0 Å². The number of rotatable bonds is 5. The van der Waals surface area contributed by atoms with Gasteiger partial charge in [-0.2, -0.15) is 0 Å². The smallest absolute Gasteiger partial charge is 0.241 e. The highest BCUT2D eigenvalue weighted by atomic mass is 35.5. The second-order valence-corrected chi connectivity index (χ2v) is 8.22. The molecule has 2 aromatic rings. The van der Waals surface area contributed by atoms with Gasteiger partial charge in [0.05, 0.1) is 22.2 Å². The van der Waals surface area contributed by atoms with Crippen molar-refractivity contribution in [2.45, 2.75) is 32.6 Å². The lowest BCUT2D eigenvalue weighted by Gasteiger charge is -2.13. The molecular formula is C18H21ClN2O3S. The summed E-state index contributed by atoms with van der Waals surface area (Å²) in [6.45, 7) is 6.96. The van der Waals surface area contributed by atoms with E-state index in [2.05, 4.69) is 10.0 Å². The maximum absolute atomic E-state index is 12.4. The molecule has 2 rings (SSSR count). The quantitative estimate of drug-likeness (QED) is 0.833. The van der Waals surface area contributed by atoms with Gasteiger partial charge in [0.1, 0.15) is 0 Å². The Hall–Kier alpha value is -1.89. The van der Waals surface area contributed by atoms with Gasteiger partial charge >= 0.3 is 0 Å². The standard InChI is InChI=1S/C18H21ClN2O3S/c1-11-5-6-16(13(3)7-11)25(23,24)20-10-17(22)21-18-14(4)8-12(2)9-15(18)19/h5-9,20H,10H2,1-4H3,(H,21,22). The van der Waals surface area contributed by atoms with Gasteiger partial charge in [-0.3, -0.25) is 4.79 Å². The molecular weight excluding hydrogens is 360 g/mol. The number of hydrogen-bond acceptors (Lipinski definition) is 3. The van der Waals surface area contributed by atoms with Gasteiger partial charge in [-0.1, -0.05) is 35.4 Å². The number of sulfonamides is 1. The highest BCUT2D eigenvalue weighted by Crippen LogP contribution is 2.27. The van der Waals surface area contributed by atoms with Crippen LogP contribution in [0.25, 0.3) is 0 Å². The first-order valence-electron chi connectivity index (χ1n) is 7.73. The normalized spacial score (nSPS) is 11.4. The van der Waals surface area contributed by atoms with Crippen LogP contribution in [0, 0.1) is 27.7 Å². The van der Waals surface area contributed by atoms with Crippen molar-refractivity contribution < 1.29 is 13.2 Å². The van der Waals surface area contributed by atoms with E-state index in [9.17, 15) is 13.2 Å². The average molecular weight is 381 g/mol. The minimum absolute atomic E-state index is 0.162. The van der Waals surface area contributed by atoms with E-state index < -0.39 is 15.9 Å². The number of anilines is 1. The molecule has 0 aliphatic heterocycles. The van der Waals surface area contributed by atoms with Crippen LogP contribution >= 0.6 is 11.6 Å². The summed E-state index contributed by atoms with van der Waals surface area (Å²) in [7, 11) is -3.77. The van der Waals surface area contributed by atoms with Gasteiger partial charge in [0.25, 0.3) is 0 Å². The maximum atomic E-state index is 12.4. The summed E-state index contributed by atoms with van der Waals surface area (Å²) >= 11 is 6.15. The van der Waals surface area contributed by atoms with Crippen LogP contribution in [0.4, 0.5) is 5.69 Å². The van der Waals surface area contributed by atoms with E-state index in [0.29, 0.717) is 16.3 Å². The van der Waals surface area contributed by atoms with Crippen molar-refractivity contribution in [3.8, 4) is 0 Å². The molecule has 0 saturated heterocycles. The molecule has 2 aromatic carbocycles. The first kappa shape index (κ1) is 19.4. The number of aryl methyl sites for hydroxylation is 4. The fourth-order valence-corrected chi connectivity index (χ4v) is 4.17. The summed E-state index contributed by atoms with van der Waals surface area (Å²) < 4.78 is 27.1. The van der Waals surface area contributed by atoms with Crippen molar-refractivity contribution in [3.63, 3.8) is 0 Å². The summed E-state index contributed by atoms with van der Waals surface area (Å²) in [6.07, 6.45) is 0. The molecule has 1 amide bonds. The third kappa shape index (κ3) is 4.81. The summed E-state index contributed by atoms with van der Waals surface area (Å²) in [5.74, 6) is -0.484. The number of hydrogen-bond donors (Lipinski definition) is 2. The fraction of sp³-hybridized carbons (Fsp3) is 0.278. The zero-order chi connectivity index (χ0) is 18.8. The minimum atomic E-state index is -3.77. The van der Waals surface area contributed by atoms with E-state index in [0.717, 1.165) is 16.7 Å². The van der Waals surface area contributed by atoms with Crippen molar-refractivity contribution in [2.24, 2.45) is 0 Å². The molecule has 25 heavy (non-hydrogen) atoms. The first-order chi connectivity index (χ1) is 11.6. The first-order valence-corrected chi connectivity index (χ1v) is 9.60. The second-order valence-electron chi connectivity index (χ2n) is 6.08. The molecule has 134 valence electrons. The van der Waals surface area contributed by atoms with Crippen LogP contribution in [0.1, 0.15) is 22.3 Å². The van der Waals surface area contributed by atoms with E-state index in [1.54, 1.807) is 25.1 Å². The molecule has 0 heterocycles. The van der Waals surface area contributed by atoms with Gasteiger partial charge in [-0.25, -0.2) is 13.1 Å². The molecule has 0 aromatic heterocycles. The predicted molar refractivity (Wildman–Crippen MR) is 101 cm³/mol. The van der Waals surface area contributed by atoms with Crippen LogP contribution in [0.15, 0.2) is 35.2 Å². The predicted octanol–water partition coefficient (Wildman–Crippen LogP) is 3.49. The lowest BCUT2D eigenvalue weighted by atomic mass is 10.1. The summed E-state index contributed by atoms with van der Waals surface area (Å²) in [6, 6.07) is 8.67. The van der Waals surface area contributed by atoms with Crippen LogP contribution in [0.2, 0.25) is 5.02 Å². The number of halogens is 1. The fourth-order valence-electron chi connectivity index (χ4n) is 2.60. The highest BCUT2D eigenvalue weighted by Gasteiger charge is 2.18. The van der Waals surface area contributed by atoms with E-state index in [1.165, 1.54) is 6.07 Å². The molecule has 7 heteroatoms.